The van der Waals surface area contributed by atoms with Crippen LogP contribution in [-0.2, 0) is 0 Å². The number of rotatable bonds is 3. The van der Waals surface area contributed by atoms with Crippen LogP contribution in [0.15, 0.2) is 0 Å². The molecule has 0 saturated carbocycles. The van der Waals surface area contributed by atoms with Crippen LogP contribution in [0.2, 0.25) is 16.6 Å². The summed E-state index contributed by atoms with van der Waals surface area (Å²) in [5.74, 6) is 0. The van der Waals surface area contributed by atoms with Gasteiger partial charge in [-0.1, -0.05) is 125 Å². The molecular formula is C27H59GaSi. The van der Waals surface area contributed by atoms with Crippen LogP contribution >= 0.6 is 0 Å². The Morgan fingerprint density at radius 1 is 0.310 bits per heavy atom. The van der Waals surface area contributed by atoms with E-state index in [4.69, 9.17) is 0 Å². The summed E-state index contributed by atoms with van der Waals surface area (Å²) in [6.45, 7) is 45.2. The average Bonchev–Trinajstić information content (AvgIpc) is 2.13. The fraction of sp³-hybridized carbons (Fsp3) is 1.00. The molecule has 0 aliphatic heterocycles. The fourth-order valence-corrected chi connectivity index (χ4v) is 14.4. The van der Waals surface area contributed by atoms with E-state index in [9.17, 15) is 0 Å². The van der Waals surface area contributed by atoms with Gasteiger partial charge in [0.1, 0.15) is 0 Å². The molecule has 0 aliphatic rings. The standard InChI is InChI=1S/C27H57Si.Ga.2H/c1-22(2,3)19(23(4,5)6)28(20(24(7,8)9)25(10,11)12)21(26(13,14)15)27(16,17)18;;;/h19-21H,1-18H3;;;. The summed E-state index contributed by atoms with van der Waals surface area (Å²) >= 11 is 0. The third-order valence-electron chi connectivity index (χ3n) is 6.20. The molecule has 0 fully saturated rings. The van der Waals surface area contributed by atoms with E-state index in [1.54, 1.807) is 0 Å². The fourth-order valence-electron chi connectivity index (χ4n) is 7.40. The van der Waals surface area contributed by atoms with Crippen molar-refractivity contribution in [3.63, 3.8) is 0 Å². The molecule has 0 aromatic heterocycles. The molecule has 0 N–H and O–H groups in total. The van der Waals surface area contributed by atoms with Gasteiger partial charge >= 0.3 is 19.8 Å². The molecule has 0 aromatic rings. The summed E-state index contributed by atoms with van der Waals surface area (Å²) in [7, 11) is -0.804. The van der Waals surface area contributed by atoms with Crippen LogP contribution < -0.4 is 0 Å². The van der Waals surface area contributed by atoms with E-state index in [0.29, 0.717) is 32.5 Å². The molecule has 0 aliphatic carbocycles. The zero-order valence-electron chi connectivity index (χ0n) is 24.2. The number of hydrogen-bond acceptors (Lipinski definition) is 0. The first kappa shape index (κ1) is 32.0. The van der Waals surface area contributed by atoms with E-state index in [1.165, 1.54) is 0 Å². The summed E-state index contributed by atoms with van der Waals surface area (Å²) in [5.41, 5.74) is 4.01. The van der Waals surface area contributed by atoms with Crippen LogP contribution in [0.1, 0.15) is 125 Å². The molecule has 2 heteroatoms. The van der Waals surface area contributed by atoms with E-state index in [-0.39, 0.29) is 19.8 Å². The molecule has 0 spiro atoms. The SMILES string of the molecule is CC(C)(C)C([Si](C(C(C)(C)C)C(C)(C)C)C(C(C)(C)C)C(C)(C)C)C(C)(C)C.[GaH2]. The summed E-state index contributed by atoms with van der Waals surface area (Å²) in [6.07, 6.45) is 0. The molecule has 0 nitrogen and oxygen atoms in total. The normalized spacial score (nSPS) is 15.5. The van der Waals surface area contributed by atoms with E-state index in [2.05, 4.69) is 125 Å². The van der Waals surface area contributed by atoms with E-state index < -0.39 is 8.80 Å². The van der Waals surface area contributed by atoms with Crippen molar-refractivity contribution in [2.75, 3.05) is 0 Å². The Hall–Kier alpha value is 0.853. The zero-order valence-corrected chi connectivity index (χ0v) is 29.4. The van der Waals surface area contributed by atoms with Crippen molar-refractivity contribution in [3.8, 4) is 0 Å². The summed E-state index contributed by atoms with van der Waals surface area (Å²) in [4.78, 5) is 0. The molecule has 29 heavy (non-hydrogen) atoms. The molecular weight excluding hydrogens is 422 g/mol. The van der Waals surface area contributed by atoms with Crippen molar-refractivity contribution in [2.24, 2.45) is 32.5 Å². The quantitative estimate of drug-likeness (QED) is 0.353. The first-order chi connectivity index (χ1) is 11.7. The Kier molecular flexibility index (Phi) is 10.4. The van der Waals surface area contributed by atoms with Crippen molar-refractivity contribution < 1.29 is 0 Å². The van der Waals surface area contributed by atoms with Crippen molar-refractivity contribution in [1.29, 1.82) is 0 Å². The van der Waals surface area contributed by atoms with Gasteiger partial charge in [0, 0.05) is 0 Å². The minimum atomic E-state index is -0.804. The van der Waals surface area contributed by atoms with Gasteiger partial charge in [-0.05, 0) is 49.1 Å². The van der Waals surface area contributed by atoms with Crippen LogP contribution in [0, 0.1) is 32.5 Å². The molecule has 0 heterocycles. The van der Waals surface area contributed by atoms with Gasteiger partial charge in [0.25, 0.3) is 0 Å². The van der Waals surface area contributed by atoms with Gasteiger partial charge in [-0.2, -0.15) is 0 Å². The van der Waals surface area contributed by atoms with Gasteiger partial charge in [0.15, 0.2) is 0 Å². The molecule has 0 aromatic carbocycles. The second-order valence-corrected chi connectivity index (χ2v) is 18.7. The monoisotopic (exact) mass is 480 g/mol. The summed E-state index contributed by atoms with van der Waals surface area (Å²) in [6, 6.07) is 0. The molecule has 2 radical (unpaired) electrons. The van der Waals surface area contributed by atoms with Crippen molar-refractivity contribution in [3.05, 3.63) is 0 Å². The Bertz CT molecular complexity index is 374. The molecule has 0 rings (SSSR count). The number of hydrogen-bond donors (Lipinski definition) is 0. The first-order valence-corrected chi connectivity index (χ1v) is 13.3. The molecule has 0 bridgehead atoms. The molecule has 174 valence electrons. The Labute approximate surface area is 201 Å². The van der Waals surface area contributed by atoms with Gasteiger partial charge in [0.2, 0.25) is 0 Å². The van der Waals surface area contributed by atoms with E-state index in [1.807, 2.05) is 0 Å². The Balaban J connectivity index is 0. The first-order valence-electron chi connectivity index (χ1n) is 11.6. The molecule has 0 saturated heterocycles. The third kappa shape index (κ3) is 8.72. The predicted molar refractivity (Wildman–Crippen MR) is 142 cm³/mol. The zero-order chi connectivity index (χ0) is 23.3. The van der Waals surface area contributed by atoms with Crippen LogP contribution in [0.5, 0.6) is 0 Å². The summed E-state index contributed by atoms with van der Waals surface area (Å²) in [5, 5.41) is 0. The second kappa shape index (κ2) is 9.38. The van der Waals surface area contributed by atoms with Crippen molar-refractivity contribution in [2.45, 2.75) is 141 Å². The van der Waals surface area contributed by atoms with Gasteiger partial charge < -0.3 is 0 Å². The van der Waals surface area contributed by atoms with Gasteiger partial charge in [-0.25, -0.2) is 0 Å². The second-order valence-electron chi connectivity index (χ2n) is 16.0. The van der Waals surface area contributed by atoms with E-state index >= 15 is 0 Å². The minimum absolute atomic E-state index is 0. The third-order valence-corrected chi connectivity index (χ3v) is 13.4. The summed E-state index contributed by atoms with van der Waals surface area (Å²) < 4.78 is 0. The Morgan fingerprint density at radius 2 is 0.414 bits per heavy atom. The van der Waals surface area contributed by atoms with Crippen LogP contribution in [0.25, 0.3) is 0 Å². The van der Waals surface area contributed by atoms with Crippen LogP contribution in [-0.4, -0.2) is 28.6 Å². The van der Waals surface area contributed by atoms with Gasteiger partial charge in [-0.3, -0.25) is 0 Å². The average molecular weight is 482 g/mol. The molecule has 0 amide bonds. The van der Waals surface area contributed by atoms with Crippen LogP contribution in [0.4, 0.5) is 0 Å². The van der Waals surface area contributed by atoms with Crippen LogP contribution in [0.3, 0.4) is 0 Å². The molecule has 0 atom stereocenters. The van der Waals surface area contributed by atoms with Crippen molar-refractivity contribution in [1.82, 2.24) is 0 Å². The predicted octanol–water partition coefficient (Wildman–Crippen LogP) is 8.95. The maximum atomic E-state index is 2.51. The maximum absolute atomic E-state index is 2.51. The molecule has 0 unspecified atom stereocenters. The topological polar surface area (TPSA) is 0 Å². The Morgan fingerprint density at radius 3 is 0.483 bits per heavy atom. The van der Waals surface area contributed by atoms with Crippen molar-refractivity contribution >= 4 is 28.6 Å². The van der Waals surface area contributed by atoms with E-state index in [0.717, 1.165) is 16.6 Å². The van der Waals surface area contributed by atoms with Gasteiger partial charge in [0.05, 0.1) is 8.80 Å². The van der Waals surface area contributed by atoms with Gasteiger partial charge in [-0.15, -0.1) is 0 Å².